The SMILES string of the molecule is CC(=O)SP. The van der Waals surface area contributed by atoms with Crippen LogP contribution in [0.2, 0.25) is 0 Å². The number of carbonyl (C=O) groups is 1. The van der Waals surface area contributed by atoms with Crippen molar-refractivity contribution >= 4 is 24.9 Å². The topological polar surface area (TPSA) is 17.1 Å². The summed E-state index contributed by atoms with van der Waals surface area (Å²) in [5, 5.41) is 0.134. The Balaban J connectivity index is 2.85. The summed E-state index contributed by atoms with van der Waals surface area (Å²) in [5.74, 6) is 0. The van der Waals surface area contributed by atoms with Gasteiger partial charge >= 0.3 is 0 Å². The molecule has 0 saturated heterocycles. The first-order chi connectivity index (χ1) is 2.27. The number of carbonyl (C=O) groups excluding carboxylic acids is 1. The molecule has 0 rings (SSSR count). The smallest absolute Gasteiger partial charge is 0.189 e. The maximum atomic E-state index is 9.75. The second-order valence-corrected chi connectivity index (χ2v) is 2.13. The monoisotopic (exact) mass is 108 g/mol. The summed E-state index contributed by atoms with van der Waals surface area (Å²) in [7, 11) is 2.26. The summed E-state index contributed by atoms with van der Waals surface area (Å²) in [6.45, 7) is 1.53. The van der Waals surface area contributed by atoms with Gasteiger partial charge in [0.05, 0.1) is 0 Å². The average Bonchev–Trinajstić information content (AvgIpc) is 1.38. The minimum atomic E-state index is 0.134. The Morgan fingerprint density at radius 2 is 2.20 bits per heavy atom. The molecule has 0 bridgehead atoms. The quantitative estimate of drug-likeness (QED) is 0.431. The van der Waals surface area contributed by atoms with Gasteiger partial charge in [0.2, 0.25) is 0 Å². The Morgan fingerprint density at radius 3 is 2.20 bits per heavy atom. The van der Waals surface area contributed by atoms with Crippen molar-refractivity contribution in [1.82, 2.24) is 0 Å². The van der Waals surface area contributed by atoms with E-state index in [1.807, 2.05) is 0 Å². The molecule has 0 heterocycles. The van der Waals surface area contributed by atoms with E-state index in [0.29, 0.717) is 0 Å². The van der Waals surface area contributed by atoms with Gasteiger partial charge in [0.1, 0.15) is 0 Å². The van der Waals surface area contributed by atoms with Crippen molar-refractivity contribution in [2.24, 2.45) is 0 Å². The maximum Gasteiger partial charge on any atom is 0.189 e. The highest BCUT2D eigenvalue weighted by atomic mass is 32.7. The predicted octanol–water partition coefficient (Wildman–Crippen LogP) is 1.06. The molecule has 1 atom stereocenters. The normalized spacial score (nSPS) is 7.60. The van der Waals surface area contributed by atoms with E-state index < -0.39 is 0 Å². The lowest BCUT2D eigenvalue weighted by Gasteiger charge is -1.71. The highest BCUT2D eigenvalue weighted by Gasteiger charge is 1.77. The molecule has 3 heteroatoms. The van der Waals surface area contributed by atoms with Crippen LogP contribution < -0.4 is 0 Å². The lowest BCUT2D eigenvalue weighted by molar-refractivity contribution is -0.109. The molecular weight excluding hydrogens is 103 g/mol. The molecule has 5 heavy (non-hydrogen) atoms. The molecule has 0 aromatic heterocycles. The summed E-state index contributed by atoms with van der Waals surface area (Å²) in [6, 6.07) is 0. The highest BCUT2D eigenvalue weighted by Crippen LogP contribution is 2.08. The lowest BCUT2D eigenvalue weighted by atomic mass is 10.9. The highest BCUT2D eigenvalue weighted by molar-refractivity contribution is 8.52. The number of hydrogen-bond acceptors (Lipinski definition) is 2. The first-order valence-electron chi connectivity index (χ1n) is 1.14. The molecule has 0 aromatic carbocycles. The Hall–Kier alpha value is 0.450. The largest absolute Gasteiger partial charge is 0.287 e. The molecule has 0 aromatic rings. The number of hydrogen-bond donors (Lipinski definition) is 0. The second-order valence-electron chi connectivity index (χ2n) is 0.609. The molecule has 0 aliphatic rings. The van der Waals surface area contributed by atoms with E-state index in [1.165, 1.54) is 6.92 Å². The van der Waals surface area contributed by atoms with Crippen LogP contribution in [0.1, 0.15) is 6.92 Å². The molecule has 0 amide bonds. The second kappa shape index (κ2) is 2.67. The van der Waals surface area contributed by atoms with Gasteiger partial charge in [-0.05, 0) is 0 Å². The number of rotatable bonds is 0. The Labute approximate surface area is 37.5 Å². The van der Waals surface area contributed by atoms with Gasteiger partial charge in [-0.1, -0.05) is 19.8 Å². The van der Waals surface area contributed by atoms with Gasteiger partial charge in [0, 0.05) is 6.92 Å². The van der Waals surface area contributed by atoms with Gasteiger partial charge in [-0.15, -0.1) is 0 Å². The molecule has 1 nitrogen and oxygen atoms in total. The van der Waals surface area contributed by atoms with E-state index in [-0.39, 0.29) is 5.12 Å². The minimum Gasteiger partial charge on any atom is -0.287 e. The van der Waals surface area contributed by atoms with E-state index in [2.05, 4.69) is 8.44 Å². The van der Waals surface area contributed by atoms with Gasteiger partial charge in [-0.2, -0.15) is 0 Å². The van der Waals surface area contributed by atoms with Crippen molar-refractivity contribution in [1.29, 1.82) is 0 Å². The van der Waals surface area contributed by atoms with Gasteiger partial charge in [0.25, 0.3) is 0 Å². The van der Waals surface area contributed by atoms with E-state index in [4.69, 9.17) is 0 Å². The summed E-state index contributed by atoms with van der Waals surface area (Å²) in [6.07, 6.45) is 0. The van der Waals surface area contributed by atoms with Crippen LogP contribution in [0.15, 0.2) is 0 Å². The van der Waals surface area contributed by atoms with Crippen molar-refractivity contribution in [2.75, 3.05) is 0 Å². The predicted molar refractivity (Wildman–Crippen MR) is 28.0 cm³/mol. The van der Waals surface area contributed by atoms with E-state index >= 15 is 0 Å². The van der Waals surface area contributed by atoms with Crippen LogP contribution in [0, 0.1) is 0 Å². The Bertz CT molecular complexity index is 44.9. The fourth-order valence-corrected chi connectivity index (χ4v) is 0. The summed E-state index contributed by atoms with van der Waals surface area (Å²) in [4.78, 5) is 9.75. The van der Waals surface area contributed by atoms with Crippen LogP contribution >= 0.6 is 19.8 Å². The van der Waals surface area contributed by atoms with Crippen molar-refractivity contribution in [3.05, 3.63) is 0 Å². The minimum absolute atomic E-state index is 0.134. The third-order valence-corrected chi connectivity index (χ3v) is 1.49. The molecule has 0 aliphatic heterocycles. The van der Waals surface area contributed by atoms with Gasteiger partial charge in [-0.25, -0.2) is 0 Å². The molecule has 0 N–H and O–H groups in total. The fraction of sp³-hybridized carbons (Fsp3) is 0.500. The summed E-state index contributed by atoms with van der Waals surface area (Å²) >= 11 is 1.16. The molecule has 0 fully saturated rings. The van der Waals surface area contributed by atoms with Crippen molar-refractivity contribution in [3.63, 3.8) is 0 Å². The zero-order valence-corrected chi connectivity index (χ0v) is 4.87. The van der Waals surface area contributed by atoms with E-state index in [0.717, 1.165) is 11.4 Å². The third kappa shape index (κ3) is 4.45. The summed E-state index contributed by atoms with van der Waals surface area (Å²) < 4.78 is 0. The molecule has 0 spiro atoms. The molecule has 30 valence electrons. The molecule has 0 aliphatic carbocycles. The maximum absolute atomic E-state index is 9.75. The van der Waals surface area contributed by atoms with Crippen molar-refractivity contribution < 1.29 is 4.79 Å². The van der Waals surface area contributed by atoms with Gasteiger partial charge < -0.3 is 0 Å². The van der Waals surface area contributed by atoms with Crippen LogP contribution in [0.3, 0.4) is 0 Å². The third-order valence-electron chi connectivity index (χ3n) is 0.166. The fourth-order valence-electron chi connectivity index (χ4n) is 0. The summed E-state index contributed by atoms with van der Waals surface area (Å²) in [5.41, 5.74) is 0. The average molecular weight is 108 g/mol. The first kappa shape index (κ1) is 5.45. The van der Waals surface area contributed by atoms with Crippen LogP contribution in [-0.2, 0) is 4.79 Å². The Morgan fingerprint density at radius 1 is 2.00 bits per heavy atom. The van der Waals surface area contributed by atoms with Gasteiger partial charge in [0.15, 0.2) is 5.12 Å². The molecule has 0 radical (unpaired) electrons. The Kier molecular flexibility index (Phi) is 2.92. The van der Waals surface area contributed by atoms with Crippen LogP contribution in [0.4, 0.5) is 0 Å². The van der Waals surface area contributed by atoms with E-state index in [1.54, 1.807) is 0 Å². The zero-order chi connectivity index (χ0) is 4.28. The van der Waals surface area contributed by atoms with Crippen LogP contribution in [0.5, 0.6) is 0 Å². The first-order valence-corrected chi connectivity index (χ1v) is 3.44. The van der Waals surface area contributed by atoms with Crippen LogP contribution in [0.25, 0.3) is 0 Å². The van der Waals surface area contributed by atoms with Crippen LogP contribution in [-0.4, -0.2) is 5.12 Å². The molecular formula is C2H5OPS. The zero-order valence-electron chi connectivity index (χ0n) is 2.89. The van der Waals surface area contributed by atoms with Crippen molar-refractivity contribution in [3.8, 4) is 0 Å². The standard InChI is InChI=1S/C2H5OPS/c1-2(3)5-4/h4H2,1H3. The van der Waals surface area contributed by atoms with E-state index in [9.17, 15) is 4.79 Å². The molecule has 1 unspecified atom stereocenters. The van der Waals surface area contributed by atoms with Gasteiger partial charge in [-0.3, -0.25) is 4.79 Å². The molecule has 0 saturated carbocycles. The van der Waals surface area contributed by atoms with Crippen molar-refractivity contribution in [2.45, 2.75) is 6.92 Å². The lowest BCUT2D eigenvalue weighted by Crippen LogP contribution is -1.67.